The van der Waals surface area contributed by atoms with Crippen LogP contribution in [-0.4, -0.2) is 40.8 Å². The van der Waals surface area contributed by atoms with Gasteiger partial charge in [-0.05, 0) is 27.2 Å². The monoisotopic (exact) mass is 305 g/mol. The highest BCUT2D eigenvalue weighted by Gasteiger charge is 2.17. The zero-order valence-electron chi connectivity index (χ0n) is 11.7. The van der Waals surface area contributed by atoms with Gasteiger partial charge in [0.15, 0.2) is 0 Å². The summed E-state index contributed by atoms with van der Waals surface area (Å²) in [5.74, 6) is 0. The van der Waals surface area contributed by atoms with Gasteiger partial charge in [0.05, 0.1) is 0 Å². The lowest BCUT2D eigenvalue weighted by Gasteiger charge is -2.19. The topological polar surface area (TPSA) is 111 Å². The molecule has 9 heteroatoms. The van der Waals surface area contributed by atoms with Crippen LogP contribution in [-0.2, 0) is 21.4 Å². The van der Waals surface area contributed by atoms with Crippen molar-refractivity contribution in [3.8, 4) is 0 Å². The van der Waals surface area contributed by atoms with Gasteiger partial charge in [-0.25, -0.2) is 9.78 Å². The van der Waals surface area contributed by atoms with Crippen molar-refractivity contribution in [3.63, 3.8) is 0 Å². The van der Waals surface area contributed by atoms with E-state index in [1.54, 1.807) is 20.8 Å². The lowest BCUT2D eigenvalue weighted by Crippen LogP contribution is -2.33. The van der Waals surface area contributed by atoms with Crippen LogP contribution in [0.25, 0.3) is 0 Å². The van der Waals surface area contributed by atoms with Crippen LogP contribution in [0.3, 0.4) is 0 Å². The molecule has 0 bridgehead atoms. The van der Waals surface area contributed by atoms with Crippen LogP contribution in [0.2, 0.25) is 0 Å². The Hall–Kier alpha value is -1.61. The number of ether oxygens (including phenoxy) is 1. The molecule has 0 fully saturated rings. The van der Waals surface area contributed by atoms with Gasteiger partial charge in [0, 0.05) is 25.5 Å². The first-order valence-corrected chi connectivity index (χ1v) is 7.49. The number of aromatic nitrogens is 2. The van der Waals surface area contributed by atoms with Gasteiger partial charge < -0.3 is 14.6 Å². The van der Waals surface area contributed by atoms with Gasteiger partial charge >= 0.3 is 16.2 Å². The number of alkyl carbamates (subject to hydrolysis) is 1. The van der Waals surface area contributed by atoms with Gasteiger partial charge in [0.1, 0.15) is 5.60 Å². The summed E-state index contributed by atoms with van der Waals surface area (Å²) in [5.41, 5.74) is -0.563. The second kappa shape index (κ2) is 6.23. The average molecular weight is 305 g/mol. The molecule has 0 spiro atoms. The molecule has 1 heterocycles. The molecular weight excluding hydrogens is 286 g/mol. The SMILES string of the molecule is CC(C)(C)OC(=O)NCCCn1ccnc1S(=O)(=O)O. The molecule has 2 N–H and O–H groups in total. The summed E-state index contributed by atoms with van der Waals surface area (Å²) in [5, 5.41) is 2.15. The molecule has 0 aromatic carbocycles. The van der Waals surface area contributed by atoms with Crippen LogP contribution in [0.5, 0.6) is 0 Å². The minimum atomic E-state index is -4.33. The number of hydrogen-bond acceptors (Lipinski definition) is 5. The minimum Gasteiger partial charge on any atom is -0.444 e. The number of hydrogen-bond donors (Lipinski definition) is 2. The van der Waals surface area contributed by atoms with E-state index in [1.165, 1.54) is 17.0 Å². The Morgan fingerprint density at radius 2 is 2.15 bits per heavy atom. The van der Waals surface area contributed by atoms with E-state index in [-0.39, 0.29) is 0 Å². The Bertz CT molecular complexity index is 559. The highest BCUT2D eigenvalue weighted by Crippen LogP contribution is 2.07. The van der Waals surface area contributed by atoms with E-state index in [2.05, 4.69) is 10.3 Å². The van der Waals surface area contributed by atoms with Gasteiger partial charge in [-0.3, -0.25) is 4.55 Å². The summed E-state index contributed by atoms with van der Waals surface area (Å²) in [6.45, 7) is 5.90. The average Bonchev–Trinajstić information content (AvgIpc) is 2.69. The first-order chi connectivity index (χ1) is 9.09. The molecule has 0 aliphatic heterocycles. The number of amides is 1. The van der Waals surface area contributed by atoms with Crippen LogP contribution in [0.4, 0.5) is 4.79 Å². The number of imidazole rings is 1. The molecule has 1 amide bonds. The van der Waals surface area contributed by atoms with Crippen molar-refractivity contribution in [2.45, 2.75) is 44.5 Å². The molecule has 8 nitrogen and oxygen atoms in total. The van der Waals surface area contributed by atoms with Crippen molar-refractivity contribution in [2.75, 3.05) is 6.54 Å². The number of aryl methyl sites for hydroxylation is 1. The number of nitrogens with one attached hydrogen (secondary N) is 1. The number of nitrogens with zero attached hydrogens (tertiary/aromatic N) is 2. The van der Waals surface area contributed by atoms with Crippen molar-refractivity contribution < 1.29 is 22.5 Å². The summed E-state index contributed by atoms with van der Waals surface area (Å²) >= 11 is 0. The van der Waals surface area contributed by atoms with E-state index in [0.717, 1.165) is 0 Å². The quantitative estimate of drug-likeness (QED) is 0.621. The van der Waals surface area contributed by atoms with Crippen LogP contribution in [0, 0.1) is 0 Å². The van der Waals surface area contributed by atoms with E-state index in [0.29, 0.717) is 19.5 Å². The molecule has 0 aliphatic carbocycles. The van der Waals surface area contributed by atoms with Crippen molar-refractivity contribution in [1.82, 2.24) is 14.9 Å². The number of rotatable bonds is 5. The van der Waals surface area contributed by atoms with Crippen molar-refractivity contribution >= 4 is 16.2 Å². The fraction of sp³-hybridized carbons (Fsp3) is 0.636. The Kier molecular flexibility index (Phi) is 5.12. The van der Waals surface area contributed by atoms with Crippen LogP contribution in [0.15, 0.2) is 17.6 Å². The zero-order chi connectivity index (χ0) is 15.4. The molecule has 0 unspecified atom stereocenters. The normalized spacial score (nSPS) is 12.2. The highest BCUT2D eigenvalue weighted by atomic mass is 32.2. The molecule has 1 rings (SSSR count). The Morgan fingerprint density at radius 1 is 1.50 bits per heavy atom. The molecule has 1 aromatic rings. The summed E-state index contributed by atoms with van der Waals surface area (Å²) in [6.07, 6.45) is 2.66. The highest BCUT2D eigenvalue weighted by molar-refractivity contribution is 7.85. The lowest BCUT2D eigenvalue weighted by molar-refractivity contribution is 0.0526. The third kappa shape index (κ3) is 5.57. The van der Waals surface area contributed by atoms with Gasteiger partial charge in [-0.1, -0.05) is 0 Å². The first-order valence-electron chi connectivity index (χ1n) is 6.05. The maximum Gasteiger partial charge on any atom is 0.407 e. The third-order valence-electron chi connectivity index (χ3n) is 2.15. The number of carbonyl (C=O) groups excluding carboxylic acids is 1. The molecular formula is C11H19N3O5S. The summed E-state index contributed by atoms with van der Waals surface area (Å²) in [7, 11) is -4.33. The molecule has 0 atom stereocenters. The second-order valence-electron chi connectivity index (χ2n) is 5.16. The molecule has 0 aliphatic rings. The lowest BCUT2D eigenvalue weighted by atomic mass is 10.2. The van der Waals surface area contributed by atoms with Crippen molar-refractivity contribution in [3.05, 3.63) is 12.4 Å². The van der Waals surface area contributed by atoms with Gasteiger partial charge in [-0.15, -0.1) is 0 Å². The van der Waals surface area contributed by atoms with Gasteiger partial charge in [0.2, 0.25) is 0 Å². The molecule has 20 heavy (non-hydrogen) atoms. The predicted molar refractivity (Wildman–Crippen MR) is 70.9 cm³/mol. The number of carbonyl (C=O) groups is 1. The van der Waals surface area contributed by atoms with E-state index < -0.39 is 27.0 Å². The fourth-order valence-corrected chi connectivity index (χ4v) is 2.10. The first kappa shape index (κ1) is 16.4. The summed E-state index contributed by atoms with van der Waals surface area (Å²) in [6, 6.07) is 0. The van der Waals surface area contributed by atoms with E-state index in [1.807, 2.05) is 0 Å². The maximum absolute atomic E-state index is 11.4. The minimum absolute atomic E-state index is 0.297. The predicted octanol–water partition coefficient (Wildman–Crippen LogP) is 1.04. The van der Waals surface area contributed by atoms with Crippen molar-refractivity contribution in [2.24, 2.45) is 0 Å². The smallest absolute Gasteiger partial charge is 0.407 e. The standard InChI is InChI=1S/C11H19N3O5S/c1-11(2,3)19-10(15)13-5-4-7-14-8-6-12-9(14)20(16,17)18/h6,8H,4-5,7H2,1-3H3,(H,13,15)(H,16,17,18). The van der Waals surface area contributed by atoms with E-state index in [4.69, 9.17) is 9.29 Å². The van der Waals surface area contributed by atoms with Crippen LogP contribution in [0.1, 0.15) is 27.2 Å². The summed E-state index contributed by atoms with van der Waals surface area (Å²) in [4.78, 5) is 14.9. The second-order valence-corrected chi connectivity index (χ2v) is 6.48. The molecule has 0 saturated heterocycles. The maximum atomic E-state index is 11.4. The summed E-state index contributed by atoms with van der Waals surface area (Å²) < 4.78 is 37.3. The van der Waals surface area contributed by atoms with Crippen LogP contribution >= 0.6 is 0 Å². The molecule has 114 valence electrons. The van der Waals surface area contributed by atoms with Crippen molar-refractivity contribution in [1.29, 1.82) is 0 Å². The molecule has 1 aromatic heterocycles. The van der Waals surface area contributed by atoms with Gasteiger partial charge in [0.25, 0.3) is 5.16 Å². The largest absolute Gasteiger partial charge is 0.444 e. The molecule has 0 saturated carbocycles. The fourth-order valence-electron chi connectivity index (χ4n) is 1.45. The van der Waals surface area contributed by atoms with Crippen LogP contribution < -0.4 is 5.32 Å². The zero-order valence-corrected chi connectivity index (χ0v) is 12.5. The Morgan fingerprint density at radius 3 is 2.70 bits per heavy atom. The molecule has 0 radical (unpaired) electrons. The van der Waals surface area contributed by atoms with E-state index in [9.17, 15) is 13.2 Å². The Balaban J connectivity index is 2.40. The van der Waals surface area contributed by atoms with E-state index >= 15 is 0 Å². The third-order valence-corrected chi connectivity index (χ3v) is 2.95. The van der Waals surface area contributed by atoms with Gasteiger partial charge in [-0.2, -0.15) is 8.42 Å². The Labute approximate surface area is 117 Å².